The SMILES string of the molecule is CCOC(=O)c1c(-c2ccc(Cl)cc2)csc1NC(=O)C(C)Oc1ccccc1. The van der Waals surface area contributed by atoms with Gasteiger partial charge in [-0.3, -0.25) is 4.79 Å². The molecule has 3 rings (SSSR count). The van der Waals surface area contributed by atoms with Crippen LogP contribution in [0.5, 0.6) is 5.75 Å². The molecule has 0 saturated carbocycles. The van der Waals surface area contributed by atoms with Crippen LogP contribution in [0.3, 0.4) is 0 Å². The van der Waals surface area contributed by atoms with Crippen LogP contribution in [0.2, 0.25) is 5.02 Å². The summed E-state index contributed by atoms with van der Waals surface area (Å²) in [5.74, 6) is -0.261. The molecule has 150 valence electrons. The number of hydrogen-bond donors (Lipinski definition) is 1. The van der Waals surface area contributed by atoms with Gasteiger partial charge in [0.25, 0.3) is 5.91 Å². The van der Waals surface area contributed by atoms with Crippen molar-refractivity contribution < 1.29 is 19.1 Å². The summed E-state index contributed by atoms with van der Waals surface area (Å²) in [4.78, 5) is 25.2. The van der Waals surface area contributed by atoms with Crippen LogP contribution in [0.4, 0.5) is 5.00 Å². The molecule has 1 heterocycles. The number of ether oxygens (including phenoxy) is 2. The predicted octanol–water partition coefficient (Wildman–Crippen LogP) is 5.65. The Kier molecular flexibility index (Phi) is 6.90. The molecule has 1 unspecified atom stereocenters. The number of para-hydroxylation sites is 1. The minimum Gasteiger partial charge on any atom is -0.481 e. The fourth-order valence-corrected chi connectivity index (χ4v) is 3.75. The lowest BCUT2D eigenvalue weighted by Crippen LogP contribution is -2.30. The highest BCUT2D eigenvalue weighted by atomic mass is 35.5. The van der Waals surface area contributed by atoms with Gasteiger partial charge in [0.15, 0.2) is 6.10 Å². The molecule has 7 heteroatoms. The predicted molar refractivity (Wildman–Crippen MR) is 116 cm³/mol. The van der Waals surface area contributed by atoms with Crippen molar-refractivity contribution in [1.82, 2.24) is 0 Å². The lowest BCUT2D eigenvalue weighted by molar-refractivity contribution is -0.122. The molecule has 3 aromatic rings. The number of amides is 1. The van der Waals surface area contributed by atoms with E-state index in [1.807, 2.05) is 35.7 Å². The van der Waals surface area contributed by atoms with Crippen LogP contribution >= 0.6 is 22.9 Å². The molecule has 0 saturated heterocycles. The number of benzene rings is 2. The molecule has 0 spiro atoms. The molecular weight excluding hydrogens is 410 g/mol. The number of halogens is 1. The summed E-state index contributed by atoms with van der Waals surface area (Å²) >= 11 is 7.23. The summed E-state index contributed by atoms with van der Waals surface area (Å²) in [5.41, 5.74) is 1.80. The van der Waals surface area contributed by atoms with Gasteiger partial charge in [-0.15, -0.1) is 11.3 Å². The first kappa shape index (κ1) is 20.9. The normalized spacial score (nSPS) is 11.6. The molecule has 29 heavy (non-hydrogen) atoms. The molecule has 1 N–H and O–H groups in total. The number of thiophene rings is 1. The van der Waals surface area contributed by atoms with E-state index in [0.717, 1.165) is 5.56 Å². The maximum Gasteiger partial charge on any atom is 0.341 e. The Morgan fingerprint density at radius 2 is 1.79 bits per heavy atom. The fourth-order valence-electron chi connectivity index (χ4n) is 2.67. The van der Waals surface area contributed by atoms with Crippen LogP contribution in [0, 0.1) is 0 Å². The van der Waals surface area contributed by atoms with Gasteiger partial charge in [0, 0.05) is 16.0 Å². The molecule has 2 aromatic carbocycles. The third-order valence-electron chi connectivity index (χ3n) is 4.09. The second kappa shape index (κ2) is 9.58. The van der Waals surface area contributed by atoms with Crippen LogP contribution in [0.1, 0.15) is 24.2 Å². The van der Waals surface area contributed by atoms with E-state index in [1.54, 1.807) is 38.1 Å². The Hall–Kier alpha value is -2.83. The van der Waals surface area contributed by atoms with Gasteiger partial charge in [0.1, 0.15) is 16.3 Å². The number of nitrogens with one attached hydrogen (secondary N) is 1. The Bertz CT molecular complexity index is 986. The number of anilines is 1. The number of hydrogen-bond acceptors (Lipinski definition) is 5. The van der Waals surface area contributed by atoms with Crippen molar-refractivity contribution in [3.05, 3.63) is 70.6 Å². The zero-order chi connectivity index (χ0) is 20.8. The van der Waals surface area contributed by atoms with E-state index in [2.05, 4.69) is 5.32 Å². The molecule has 0 aliphatic heterocycles. The third-order valence-corrected chi connectivity index (χ3v) is 5.24. The van der Waals surface area contributed by atoms with Crippen molar-refractivity contribution in [3.8, 4) is 16.9 Å². The molecule has 0 radical (unpaired) electrons. The van der Waals surface area contributed by atoms with Crippen molar-refractivity contribution in [1.29, 1.82) is 0 Å². The number of carbonyl (C=O) groups excluding carboxylic acids is 2. The molecule has 0 fully saturated rings. The Morgan fingerprint density at radius 1 is 1.10 bits per heavy atom. The van der Waals surface area contributed by atoms with Gasteiger partial charge in [0.05, 0.1) is 6.61 Å². The van der Waals surface area contributed by atoms with Gasteiger partial charge in [0.2, 0.25) is 0 Å². The van der Waals surface area contributed by atoms with E-state index < -0.39 is 12.1 Å². The Morgan fingerprint density at radius 3 is 2.45 bits per heavy atom. The second-order valence-electron chi connectivity index (χ2n) is 6.14. The molecule has 0 aliphatic carbocycles. The summed E-state index contributed by atoms with van der Waals surface area (Å²) in [6.07, 6.45) is -0.742. The average Bonchev–Trinajstić information content (AvgIpc) is 3.13. The maximum atomic E-state index is 12.6. The molecule has 1 atom stereocenters. The second-order valence-corrected chi connectivity index (χ2v) is 7.46. The minimum absolute atomic E-state index is 0.232. The highest BCUT2D eigenvalue weighted by Crippen LogP contribution is 2.36. The van der Waals surface area contributed by atoms with Crippen molar-refractivity contribution in [2.45, 2.75) is 20.0 Å². The summed E-state index contributed by atoms with van der Waals surface area (Å²) in [6, 6.07) is 16.2. The first-order valence-corrected chi connectivity index (χ1v) is 10.3. The highest BCUT2D eigenvalue weighted by Gasteiger charge is 2.24. The van der Waals surface area contributed by atoms with Crippen molar-refractivity contribution >= 4 is 39.8 Å². The van der Waals surface area contributed by atoms with Crippen LogP contribution in [-0.4, -0.2) is 24.6 Å². The summed E-state index contributed by atoms with van der Waals surface area (Å²) in [7, 11) is 0. The largest absolute Gasteiger partial charge is 0.481 e. The third kappa shape index (κ3) is 5.16. The highest BCUT2D eigenvalue weighted by molar-refractivity contribution is 7.15. The van der Waals surface area contributed by atoms with Crippen LogP contribution < -0.4 is 10.1 Å². The monoisotopic (exact) mass is 429 g/mol. The molecule has 0 aliphatic rings. The van der Waals surface area contributed by atoms with Gasteiger partial charge < -0.3 is 14.8 Å². The summed E-state index contributed by atoms with van der Waals surface area (Å²) in [5, 5.41) is 5.63. The van der Waals surface area contributed by atoms with Crippen molar-refractivity contribution in [2.75, 3.05) is 11.9 Å². The van der Waals surface area contributed by atoms with E-state index in [-0.39, 0.29) is 12.5 Å². The van der Waals surface area contributed by atoms with E-state index in [1.165, 1.54) is 11.3 Å². The van der Waals surface area contributed by atoms with Crippen molar-refractivity contribution in [2.24, 2.45) is 0 Å². The number of carbonyl (C=O) groups is 2. The van der Waals surface area contributed by atoms with E-state index >= 15 is 0 Å². The van der Waals surface area contributed by atoms with Gasteiger partial charge in [-0.2, -0.15) is 0 Å². The maximum absolute atomic E-state index is 12.6. The van der Waals surface area contributed by atoms with Gasteiger partial charge in [-0.25, -0.2) is 4.79 Å². The summed E-state index contributed by atoms with van der Waals surface area (Å²) in [6.45, 7) is 3.62. The lowest BCUT2D eigenvalue weighted by atomic mass is 10.0. The van der Waals surface area contributed by atoms with E-state index in [9.17, 15) is 9.59 Å². The van der Waals surface area contributed by atoms with Crippen molar-refractivity contribution in [3.63, 3.8) is 0 Å². The van der Waals surface area contributed by atoms with Crippen LogP contribution in [0.25, 0.3) is 11.1 Å². The molecule has 1 amide bonds. The number of esters is 1. The Labute approximate surface area is 178 Å². The van der Waals surface area contributed by atoms with E-state index in [0.29, 0.717) is 26.9 Å². The smallest absolute Gasteiger partial charge is 0.341 e. The zero-order valence-electron chi connectivity index (χ0n) is 16.0. The summed E-state index contributed by atoms with van der Waals surface area (Å²) < 4.78 is 10.9. The first-order valence-electron chi connectivity index (χ1n) is 9.06. The minimum atomic E-state index is -0.742. The molecule has 0 bridgehead atoms. The Balaban J connectivity index is 1.85. The molecule has 1 aromatic heterocycles. The lowest BCUT2D eigenvalue weighted by Gasteiger charge is -2.15. The van der Waals surface area contributed by atoms with Gasteiger partial charge in [-0.05, 0) is 43.7 Å². The van der Waals surface area contributed by atoms with Crippen LogP contribution in [0.15, 0.2) is 60.0 Å². The standard InChI is InChI=1S/C22H20ClNO4S/c1-3-27-22(26)19-18(15-9-11-16(23)12-10-15)13-29-21(19)24-20(25)14(2)28-17-7-5-4-6-8-17/h4-14H,3H2,1-2H3,(H,24,25). The molecule has 5 nitrogen and oxygen atoms in total. The first-order chi connectivity index (χ1) is 14.0. The van der Waals surface area contributed by atoms with Gasteiger partial charge >= 0.3 is 5.97 Å². The zero-order valence-corrected chi connectivity index (χ0v) is 17.5. The quantitative estimate of drug-likeness (QED) is 0.493. The van der Waals surface area contributed by atoms with Gasteiger partial charge in [-0.1, -0.05) is 41.9 Å². The van der Waals surface area contributed by atoms with E-state index in [4.69, 9.17) is 21.1 Å². The average molecular weight is 430 g/mol. The topological polar surface area (TPSA) is 64.6 Å². The van der Waals surface area contributed by atoms with Crippen LogP contribution in [-0.2, 0) is 9.53 Å². The fraction of sp³-hybridized carbons (Fsp3) is 0.182. The number of rotatable bonds is 7. The molecular formula is C22H20ClNO4S.